The summed E-state index contributed by atoms with van der Waals surface area (Å²) >= 11 is 5.96. The van der Waals surface area contributed by atoms with E-state index in [1.54, 1.807) is 6.07 Å². The predicted octanol–water partition coefficient (Wildman–Crippen LogP) is 2.29. The van der Waals surface area contributed by atoms with E-state index in [4.69, 9.17) is 16.7 Å². The zero-order valence-corrected chi connectivity index (χ0v) is 11.3. The zero-order valence-electron chi connectivity index (χ0n) is 10.5. The maximum absolute atomic E-state index is 12.1. The molecule has 1 aliphatic heterocycles. The number of hydrogen-bond acceptors (Lipinski definition) is 3. The third kappa shape index (κ3) is 2.44. The molecule has 18 heavy (non-hydrogen) atoms. The van der Waals surface area contributed by atoms with Crippen molar-refractivity contribution in [2.75, 3.05) is 11.9 Å². The fourth-order valence-corrected chi connectivity index (χ4v) is 2.54. The quantitative estimate of drug-likeness (QED) is 0.788. The van der Waals surface area contributed by atoms with Gasteiger partial charge in [-0.3, -0.25) is 4.79 Å². The number of aliphatic hydroxyl groups excluding tert-OH is 1. The maximum Gasteiger partial charge on any atom is 0.255 e. The Morgan fingerprint density at radius 1 is 1.39 bits per heavy atom. The first-order valence-corrected chi connectivity index (χ1v) is 6.35. The Morgan fingerprint density at radius 2 is 2.11 bits per heavy atom. The summed E-state index contributed by atoms with van der Waals surface area (Å²) in [4.78, 5) is 12.1. The van der Waals surface area contributed by atoms with Crippen molar-refractivity contribution < 1.29 is 9.90 Å². The fraction of sp³-hybridized carbons (Fsp3) is 0.462. The summed E-state index contributed by atoms with van der Waals surface area (Å²) in [5.74, 6) is -0.130. The second-order valence-corrected chi connectivity index (χ2v) is 5.32. The summed E-state index contributed by atoms with van der Waals surface area (Å²) in [7, 11) is 0. The third-order valence-corrected chi connectivity index (χ3v) is 3.39. The van der Waals surface area contributed by atoms with Gasteiger partial charge in [0.15, 0.2) is 0 Å². The van der Waals surface area contributed by atoms with Gasteiger partial charge in [0.05, 0.1) is 11.3 Å². The minimum Gasteiger partial charge on any atom is -0.396 e. The Morgan fingerprint density at radius 3 is 2.78 bits per heavy atom. The molecule has 0 saturated heterocycles. The lowest BCUT2D eigenvalue weighted by Crippen LogP contribution is -2.55. The van der Waals surface area contributed by atoms with Crippen LogP contribution in [0.4, 0.5) is 5.69 Å². The van der Waals surface area contributed by atoms with Crippen LogP contribution < -0.4 is 10.6 Å². The molecule has 0 bridgehead atoms. The molecule has 1 aliphatic rings. The number of fused-ring (bicyclic) bond motifs is 1. The molecular formula is C13H17ClN2O2. The molecule has 0 radical (unpaired) electrons. The van der Waals surface area contributed by atoms with Crippen molar-refractivity contribution in [1.29, 1.82) is 0 Å². The predicted molar refractivity (Wildman–Crippen MR) is 72.0 cm³/mol. The number of rotatable bonds is 3. The van der Waals surface area contributed by atoms with Crippen LogP contribution in [0.2, 0.25) is 5.02 Å². The van der Waals surface area contributed by atoms with Gasteiger partial charge >= 0.3 is 0 Å². The monoisotopic (exact) mass is 268 g/mol. The van der Waals surface area contributed by atoms with Crippen LogP contribution in [0, 0.1) is 6.92 Å². The van der Waals surface area contributed by atoms with Crippen LogP contribution in [-0.2, 0) is 0 Å². The highest BCUT2D eigenvalue weighted by Gasteiger charge is 2.33. The fourth-order valence-electron chi connectivity index (χ4n) is 2.27. The number of aryl methyl sites for hydroxylation is 1. The molecule has 0 spiro atoms. The molecule has 0 fully saturated rings. The van der Waals surface area contributed by atoms with Gasteiger partial charge in [-0.05, 0) is 44.4 Å². The number of hydrogen-bond donors (Lipinski definition) is 3. The largest absolute Gasteiger partial charge is 0.396 e. The minimum absolute atomic E-state index is 0.111. The van der Waals surface area contributed by atoms with Gasteiger partial charge in [0.2, 0.25) is 0 Å². The van der Waals surface area contributed by atoms with Gasteiger partial charge in [-0.25, -0.2) is 0 Å². The Labute approximate surface area is 111 Å². The number of halogens is 1. The number of anilines is 1. The average Bonchev–Trinajstić information content (AvgIpc) is 2.29. The van der Waals surface area contributed by atoms with Crippen LogP contribution >= 0.6 is 11.6 Å². The normalized spacial score (nSPS) is 22.1. The van der Waals surface area contributed by atoms with E-state index < -0.39 is 5.66 Å². The molecule has 1 aromatic rings. The first-order chi connectivity index (χ1) is 8.45. The zero-order chi connectivity index (χ0) is 13.3. The molecule has 1 unspecified atom stereocenters. The molecule has 1 heterocycles. The van der Waals surface area contributed by atoms with E-state index in [9.17, 15) is 4.79 Å². The van der Waals surface area contributed by atoms with Crippen molar-refractivity contribution in [2.24, 2.45) is 0 Å². The lowest BCUT2D eigenvalue weighted by atomic mass is 9.97. The lowest BCUT2D eigenvalue weighted by Gasteiger charge is -2.38. The average molecular weight is 269 g/mol. The van der Waals surface area contributed by atoms with E-state index in [0.717, 1.165) is 11.3 Å². The number of amides is 1. The molecular weight excluding hydrogens is 252 g/mol. The van der Waals surface area contributed by atoms with Crippen molar-refractivity contribution in [3.63, 3.8) is 0 Å². The van der Waals surface area contributed by atoms with Crippen molar-refractivity contribution in [1.82, 2.24) is 5.32 Å². The highest BCUT2D eigenvalue weighted by molar-refractivity contribution is 6.31. The van der Waals surface area contributed by atoms with Crippen LogP contribution in [0.5, 0.6) is 0 Å². The van der Waals surface area contributed by atoms with E-state index in [0.29, 0.717) is 23.4 Å². The molecule has 4 nitrogen and oxygen atoms in total. The lowest BCUT2D eigenvalue weighted by molar-refractivity contribution is 0.0899. The number of aliphatic hydroxyl groups is 1. The van der Waals surface area contributed by atoms with E-state index in [1.165, 1.54) is 0 Å². The molecule has 0 aliphatic carbocycles. The standard InChI is InChI=1S/C13H17ClN2O2/c1-8-6-9(14)7-10-11(8)15-13(2,4-3-5-17)16-12(10)18/h6-7,15,17H,3-5H2,1-2H3,(H,16,18). The number of carbonyl (C=O) groups is 1. The molecule has 2 rings (SSSR count). The van der Waals surface area contributed by atoms with Crippen LogP contribution in [0.25, 0.3) is 0 Å². The molecule has 0 saturated carbocycles. The number of benzene rings is 1. The van der Waals surface area contributed by atoms with Crippen molar-refractivity contribution >= 4 is 23.2 Å². The van der Waals surface area contributed by atoms with Gasteiger partial charge in [-0.2, -0.15) is 0 Å². The minimum atomic E-state index is -0.522. The second kappa shape index (κ2) is 4.78. The maximum atomic E-state index is 12.1. The van der Waals surface area contributed by atoms with Crippen LogP contribution in [-0.4, -0.2) is 23.3 Å². The molecule has 3 N–H and O–H groups in total. The molecule has 1 aromatic carbocycles. The van der Waals surface area contributed by atoms with Crippen LogP contribution in [0.3, 0.4) is 0 Å². The topological polar surface area (TPSA) is 61.4 Å². The highest BCUT2D eigenvalue weighted by atomic mass is 35.5. The summed E-state index contributed by atoms with van der Waals surface area (Å²) in [5.41, 5.74) is 1.82. The van der Waals surface area contributed by atoms with Gasteiger partial charge in [0, 0.05) is 11.6 Å². The van der Waals surface area contributed by atoms with Gasteiger partial charge in [0.1, 0.15) is 5.66 Å². The van der Waals surface area contributed by atoms with E-state index in [2.05, 4.69) is 10.6 Å². The van der Waals surface area contributed by atoms with Gasteiger partial charge < -0.3 is 15.7 Å². The third-order valence-electron chi connectivity index (χ3n) is 3.17. The number of nitrogens with one attached hydrogen (secondary N) is 2. The van der Waals surface area contributed by atoms with Crippen LogP contribution in [0.1, 0.15) is 35.7 Å². The first-order valence-electron chi connectivity index (χ1n) is 5.97. The highest BCUT2D eigenvalue weighted by Crippen LogP contribution is 2.32. The van der Waals surface area contributed by atoms with Gasteiger partial charge in [-0.15, -0.1) is 0 Å². The molecule has 5 heteroatoms. The van der Waals surface area contributed by atoms with Gasteiger partial charge in [-0.1, -0.05) is 11.6 Å². The Balaban J connectivity index is 2.36. The second-order valence-electron chi connectivity index (χ2n) is 4.88. The van der Waals surface area contributed by atoms with E-state index in [1.807, 2.05) is 19.9 Å². The van der Waals surface area contributed by atoms with Gasteiger partial charge in [0.25, 0.3) is 5.91 Å². The van der Waals surface area contributed by atoms with Crippen molar-refractivity contribution in [3.8, 4) is 0 Å². The first kappa shape index (κ1) is 13.2. The smallest absolute Gasteiger partial charge is 0.255 e. The Hall–Kier alpha value is -1.26. The molecule has 98 valence electrons. The van der Waals surface area contributed by atoms with Crippen molar-refractivity contribution in [3.05, 3.63) is 28.3 Å². The summed E-state index contributed by atoms with van der Waals surface area (Å²) in [5, 5.41) is 15.7. The van der Waals surface area contributed by atoms with E-state index >= 15 is 0 Å². The summed E-state index contributed by atoms with van der Waals surface area (Å²) in [6.45, 7) is 3.94. The Bertz CT molecular complexity index is 490. The summed E-state index contributed by atoms with van der Waals surface area (Å²) < 4.78 is 0. The summed E-state index contributed by atoms with van der Waals surface area (Å²) in [6, 6.07) is 3.50. The Kier molecular flexibility index (Phi) is 3.50. The SMILES string of the molecule is Cc1cc(Cl)cc2c1NC(C)(CCCO)NC2=O. The van der Waals surface area contributed by atoms with E-state index in [-0.39, 0.29) is 12.5 Å². The number of carbonyl (C=O) groups excluding carboxylic acids is 1. The molecule has 1 atom stereocenters. The molecule has 1 amide bonds. The summed E-state index contributed by atoms with van der Waals surface area (Å²) in [6.07, 6.45) is 1.29. The van der Waals surface area contributed by atoms with Crippen molar-refractivity contribution in [2.45, 2.75) is 32.4 Å². The molecule has 0 aromatic heterocycles. The van der Waals surface area contributed by atoms with Crippen LogP contribution in [0.15, 0.2) is 12.1 Å².